The van der Waals surface area contributed by atoms with Crippen LogP contribution in [0.1, 0.15) is 36.3 Å². The minimum atomic E-state index is -0.506. The van der Waals surface area contributed by atoms with Crippen LogP contribution in [0.15, 0.2) is 12.4 Å². The molecule has 10 nitrogen and oxygen atoms in total. The molecular formula is C15H23N7O3. The molecule has 0 saturated heterocycles. The van der Waals surface area contributed by atoms with Crippen LogP contribution in [0.2, 0.25) is 0 Å². The summed E-state index contributed by atoms with van der Waals surface area (Å²) in [4.78, 5) is 22.2. The topological polar surface area (TPSA) is 120 Å². The summed E-state index contributed by atoms with van der Waals surface area (Å²) in [6.45, 7) is 6.56. The molecule has 0 aromatic carbocycles. The van der Waals surface area contributed by atoms with Crippen LogP contribution in [0.3, 0.4) is 0 Å². The second-order valence-corrected chi connectivity index (χ2v) is 5.79. The van der Waals surface area contributed by atoms with E-state index in [4.69, 9.17) is 0 Å². The molecule has 0 unspecified atom stereocenters. The summed E-state index contributed by atoms with van der Waals surface area (Å²) in [5, 5.41) is 24.6. The fourth-order valence-electron chi connectivity index (χ4n) is 2.74. The Bertz CT molecular complexity index is 765. The normalized spacial score (nSPS) is 12.0. The van der Waals surface area contributed by atoms with Crippen molar-refractivity contribution in [3.63, 3.8) is 0 Å². The molecule has 0 aliphatic carbocycles. The fourth-order valence-corrected chi connectivity index (χ4v) is 2.74. The molecule has 2 aromatic rings. The molecule has 0 aliphatic heterocycles. The van der Waals surface area contributed by atoms with Gasteiger partial charge >= 0.3 is 11.7 Å². The van der Waals surface area contributed by atoms with Gasteiger partial charge in [0.05, 0.1) is 23.2 Å². The second kappa shape index (κ2) is 7.77. The van der Waals surface area contributed by atoms with Crippen molar-refractivity contribution in [1.82, 2.24) is 30.2 Å². The van der Waals surface area contributed by atoms with E-state index in [9.17, 15) is 14.9 Å². The smallest absolute Gasteiger partial charge is 0.315 e. The molecule has 2 aromatic heterocycles. The summed E-state index contributed by atoms with van der Waals surface area (Å²) in [7, 11) is 1.88. The highest BCUT2D eigenvalue weighted by Crippen LogP contribution is 2.23. The highest BCUT2D eigenvalue weighted by molar-refractivity contribution is 5.74. The summed E-state index contributed by atoms with van der Waals surface area (Å²) < 4.78 is 3.22. The first kappa shape index (κ1) is 18.4. The first-order chi connectivity index (χ1) is 11.8. The van der Waals surface area contributed by atoms with E-state index in [-0.39, 0.29) is 17.8 Å². The highest BCUT2D eigenvalue weighted by Gasteiger charge is 2.20. The van der Waals surface area contributed by atoms with Gasteiger partial charge in [0.25, 0.3) is 0 Å². The Balaban J connectivity index is 1.88. The van der Waals surface area contributed by atoms with Gasteiger partial charge in [0.2, 0.25) is 0 Å². The Hall–Kier alpha value is -2.91. The van der Waals surface area contributed by atoms with Crippen molar-refractivity contribution in [3.05, 3.63) is 39.5 Å². The van der Waals surface area contributed by atoms with E-state index in [1.54, 1.807) is 4.68 Å². The van der Waals surface area contributed by atoms with Crippen LogP contribution in [0.25, 0.3) is 0 Å². The zero-order valence-corrected chi connectivity index (χ0v) is 14.8. The number of amides is 2. The third-order valence-electron chi connectivity index (χ3n) is 4.08. The van der Waals surface area contributed by atoms with Crippen LogP contribution >= 0.6 is 0 Å². The molecule has 0 fully saturated rings. The Kier molecular flexibility index (Phi) is 5.73. The van der Waals surface area contributed by atoms with Gasteiger partial charge in [-0.3, -0.25) is 19.5 Å². The lowest BCUT2D eigenvalue weighted by molar-refractivity contribution is -0.385. The van der Waals surface area contributed by atoms with Gasteiger partial charge in [0, 0.05) is 24.8 Å². The monoisotopic (exact) mass is 349 g/mol. The van der Waals surface area contributed by atoms with Crippen molar-refractivity contribution in [2.75, 3.05) is 6.54 Å². The summed E-state index contributed by atoms with van der Waals surface area (Å²) in [6.07, 6.45) is 3.25. The molecule has 2 amide bonds. The van der Waals surface area contributed by atoms with Crippen molar-refractivity contribution in [3.8, 4) is 0 Å². The Labute approximate surface area is 145 Å². The number of nitrogens with one attached hydrogen (secondary N) is 2. The molecule has 2 N–H and O–H groups in total. The molecule has 136 valence electrons. The van der Waals surface area contributed by atoms with Gasteiger partial charge in [-0.2, -0.15) is 10.2 Å². The predicted octanol–water partition coefficient (Wildman–Crippen LogP) is 1.59. The van der Waals surface area contributed by atoms with Crippen LogP contribution in [-0.4, -0.2) is 37.1 Å². The number of nitrogens with zero attached hydrogens (tertiary/aromatic N) is 5. The molecular weight excluding hydrogens is 326 g/mol. The SMILES string of the molecule is CC[C@@H](NC(=O)NCCn1cc([N+](=O)[O-])cn1)c1c(C)nn(C)c1C. The second-order valence-electron chi connectivity index (χ2n) is 5.79. The van der Waals surface area contributed by atoms with Crippen LogP contribution in [0.5, 0.6) is 0 Å². The molecule has 0 radical (unpaired) electrons. The molecule has 0 saturated carbocycles. The summed E-state index contributed by atoms with van der Waals surface area (Å²) in [6, 6.07) is -0.421. The molecule has 25 heavy (non-hydrogen) atoms. The Morgan fingerprint density at radius 1 is 1.44 bits per heavy atom. The van der Waals surface area contributed by atoms with Gasteiger partial charge in [-0.25, -0.2) is 4.79 Å². The number of aromatic nitrogens is 4. The largest absolute Gasteiger partial charge is 0.336 e. The van der Waals surface area contributed by atoms with Gasteiger partial charge in [0.15, 0.2) is 0 Å². The third-order valence-corrected chi connectivity index (χ3v) is 4.08. The number of nitro groups is 1. The molecule has 10 heteroatoms. The summed E-state index contributed by atoms with van der Waals surface area (Å²) in [5.74, 6) is 0. The van der Waals surface area contributed by atoms with E-state index in [1.165, 1.54) is 17.1 Å². The first-order valence-corrected chi connectivity index (χ1v) is 8.04. The maximum Gasteiger partial charge on any atom is 0.315 e. The highest BCUT2D eigenvalue weighted by atomic mass is 16.6. The van der Waals surface area contributed by atoms with Crippen molar-refractivity contribution >= 4 is 11.7 Å². The standard InChI is InChI=1S/C15H23N7O3/c1-5-13(14-10(2)19-20(4)11(14)3)18-15(23)16-6-7-21-9-12(8-17-21)22(24)25/h8-9,13H,5-7H2,1-4H3,(H2,16,18,23)/t13-/m1/s1. The van der Waals surface area contributed by atoms with E-state index in [0.717, 1.165) is 23.4 Å². The first-order valence-electron chi connectivity index (χ1n) is 8.04. The predicted molar refractivity (Wildman–Crippen MR) is 91.1 cm³/mol. The Morgan fingerprint density at radius 3 is 2.68 bits per heavy atom. The molecule has 2 heterocycles. The van der Waals surface area contributed by atoms with Crippen LogP contribution in [-0.2, 0) is 13.6 Å². The number of carbonyl (C=O) groups excluding carboxylic acids is 1. The van der Waals surface area contributed by atoms with Gasteiger partial charge in [-0.1, -0.05) is 6.92 Å². The zero-order chi connectivity index (χ0) is 18.6. The number of hydrogen-bond donors (Lipinski definition) is 2. The van der Waals surface area contributed by atoms with Crippen molar-refractivity contribution in [2.24, 2.45) is 7.05 Å². The lowest BCUT2D eigenvalue weighted by Gasteiger charge is -2.18. The number of urea groups is 1. The fraction of sp³-hybridized carbons (Fsp3) is 0.533. The quantitative estimate of drug-likeness (QED) is 0.581. The maximum atomic E-state index is 12.1. The molecule has 0 aliphatic rings. The molecule has 0 bridgehead atoms. The molecule has 2 rings (SSSR count). The number of hydrogen-bond acceptors (Lipinski definition) is 5. The van der Waals surface area contributed by atoms with Gasteiger partial charge in [0.1, 0.15) is 12.4 Å². The van der Waals surface area contributed by atoms with E-state index >= 15 is 0 Å². The number of carbonyl (C=O) groups is 1. The van der Waals surface area contributed by atoms with E-state index in [0.29, 0.717) is 13.1 Å². The van der Waals surface area contributed by atoms with Crippen molar-refractivity contribution in [1.29, 1.82) is 0 Å². The minimum absolute atomic E-state index is 0.0713. The van der Waals surface area contributed by atoms with Crippen molar-refractivity contribution < 1.29 is 9.72 Å². The third kappa shape index (κ3) is 4.34. The maximum absolute atomic E-state index is 12.1. The Morgan fingerprint density at radius 2 is 2.16 bits per heavy atom. The van der Waals surface area contributed by atoms with Gasteiger partial charge in [-0.05, 0) is 20.3 Å². The van der Waals surface area contributed by atoms with Crippen LogP contribution in [0.4, 0.5) is 10.5 Å². The van der Waals surface area contributed by atoms with E-state index in [1.807, 2.05) is 27.8 Å². The van der Waals surface area contributed by atoms with Gasteiger partial charge < -0.3 is 10.6 Å². The molecule has 0 spiro atoms. The average Bonchev–Trinajstić information content (AvgIpc) is 3.11. The average molecular weight is 349 g/mol. The number of aryl methyl sites for hydroxylation is 2. The minimum Gasteiger partial charge on any atom is -0.336 e. The lowest BCUT2D eigenvalue weighted by atomic mass is 10.0. The lowest BCUT2D eigenvalue weighted by Crippen LogP contribution is -2.39. The number of rotatable bonds is 7. The van der Waals surface area contributed by atoms with Crippen LogP contribution in [0, 0.1) is 24.0 Å². The van der Waals surface area contributed by atoms with E-state index < -0.39 is 4.92 Å². The van der Waals surface area contributed by atoms with E-state index in [2.05, 4.69) is 20.8 Å². The molecule has 1 atom stereocenters. The van der Waals surface area contributed by atoms with Crippen LogP contribution < -0.4 is 10.6 Å². The summed E-state index contributed by atoms with van der Waals surface area (Å²) in [5.41, 5.74) is 2.88. The summed E-state index contributed by atoms with van der Waals surface area (Å²) >= 11 is 0. The zero-order valence-electron chi connectivity index (χ0n) is 14.8. The van der Waals surface area contributed by atoms with Gasteiger partial charge in [-0.15, -0.1) is 0 Å². The van der Waals surface area contributed by atoms with Crippen molar-refractivity contribution in [2.45, 2.75) is 39.8 Å².